The van der Waals surface area contributed by atoms with E-state index < -0.39 is 5.97 Å². The first-order valence-electron chi connectivity index (χ1n) is 10.5. The van der Waals surface area contributed by atoms with Crippen LogP contribution in [0.25, 0.3) is 0 Å². The van der Waals surface area contributed by atoms with Gasteiger partial charge in [-0.3, -0.25) is 4.79 Å². The Bertz CT molecular complexity index is 964. The first kappa shape index (κ1) is 25.5. The summed E-state index contributed by atoms with van der Waals surface area (Å²) in [6.45, 7) is 2.08. The molecule has 0 atom stereocenters. The molecule has 1 amide bonds. The lowest BCUT2D eigenvalue weighted by atomic mass is 10.1. The van der Waals surface area contributed by atoms with Crippen LogP contribution < -0.4 is 29.1 Å². The Morgan fingerprint density at radius 1 is 0.879 bits per heavy atom. The SMILES string of the molecule is CCCCCC(=O)N/N=C/c1ccc(OC(=O)c2cc(OC)c(OC)c(OC)c2)c(OC)c1. The van der Waals surface area contributed by atoms with Crippen molar-refractivity contribution in [2.75, 3.05) is 28.4 Å². The monoisotopic (exact) mass is 458 g/mol. The predicted molar refractivity (Wildman–Crippen MR) is 124 cm³/mol. The summed E-state index contributed by atoms with van der Waals surface area (Å²) in [6, 6.07) is 7.91. The summed E-state index contributed by atoms with van der Waals surface area (Å²) in [6.07, 6.45) is 4.81. The minimum atomic E-state index is -0.631. The van der Waals surface area contributed by atoms with Gasteiger partial charge in [-0.15, -0.1) is 0 Å². The van der Waals surface area contributed by atoms with Gasteiger partial charge >= 0.3 is 5.97 Å². The van der Waals surface area contributed by atoms with Crippen LogP contribution in [-0.2, 0) is 4.79 Å². The maximum Gasteiger partial charge on any atom is 0.343 e. The molecule has 2 aromatic rings. The van der Waals surface area contributed by atoms with Gasteiger partial charge in [-0.1, -0.05) is 19.8 Å². The predicted octanol–water partition coefficient (Wildman–Crippen LogP) is 3.97. The minimum Gasteiger partial charge on any atom is -0.493 e. The van der Waals surface area contributed by atoms with Crippen LogP contribution in [0.2, 0.25) is 0 Å². The Morgan fingerprint density at radius 2 is 1.55 bits per heavy atom. The molecule has 178 valence electrons. The van der Waals surface area contributed by atoms with Crippen molar-refractivity contribution >= 4 is 18.1 Å². The number of amides is 1. The maximum absolute atomic E-state index is 12.8. The van der Waals surface area contributed by atoms with Crippen LogP contribution in [0.5, 0.6) is 28.7 Å². The highest BCUT2D eigenvalue weighted by Crippen LogP contribution is 2.38. The molecule has 0 fully saturated rings. The van der Waals surface area contributed by atoms with E-state index in [2.05, 4.69) is 17.5 Å². The van der Waals surface area contributed by atoms with Gasteiger partial charge < -0.3 is 23.7 Å². The van der Waals surface area contributed by atoms with Crippen molar-refractivity contribution in [2.24, 2.45) is 5.10 Å². The average molecular weight is 459 g/mol. The molecular weight excluding hydrogens is 428 g/mol. The van der Waals surface area contributed by atoms with Crippen molar-refractivity contribution in [3.63, 3.8) is 0 Å². The van der Waals surface area contributed by atoms with Gasteiger partial charge in [0, 0.05) is 6.42 Å². The molecule has 0 spiro atoms. The zero-order valence-electron chi connectivity index (χ0n) is 19.6. The highest BCUT2D eigenvalue weighted by Gasteiger charge is 2.19. The number of nitrogens with one attached hydrogen (secondary N) is 1. The summed E-state index contributed by atoms with van der Waals surface area (Å²) in [7, 11) is 5.86. The number of carbonyl (C=O) groups is 2. The van der Waals surface area contributed by atoms with E-state index >= 15 is 0 Å². The van der Waals surface area contributed by atoms with Crippen molar-refractivity contribution in [3.8, 4) is 28.7 Å². The molecule has 0 aliphatic rings. The topological polar surface area (TPSA) is 105 Å². The van der Waals surface area contributed by atoms with Crippen molar-refractivity contribution in [2.45, 2.75) is 32.6 Å². The van der Waals surface area contributed by atoms with Crippen LogP contribution in [-0.4, -0.2) is 46.5 Å². The number of benzene rings is 2. The van der Waals surface area contributed by atoms with E-state index in [0.29, 0.717) is 35.0 Å². The number of rotatable bonds is 12. The lowest BCUT2D eigenvalue weighted by Crippen LogP contribution is -2.16. The van der Waals surface area contributed by atoms with Crippen molar-refractivity contribution in [1.29, 1.82) is 0 Å². The van der Waals surface area contributed by atoms with E-state index in [4.69, 9.17) is 23.7 Å². The molecule has 0 aliphatic carbocycles. The number of unbranched alkanes of at least 4 members (excludes halogenated alkanes) is 2. The molecule has 0 unspecified atom stereocenters. The lowest BCUT2D eigenvalue weighted by molar-refractivity contribution is -0.121. The first-order valence-corrected chi connectivity index (χ1v) is 10.5. The van der Waals surface area contributed by atoms with Gasteiger partial charge in [-0.2, -0.15) is 5.10 Å². The second kappa shape index (κ2) is 12.9. The fraction of sp³-hybridized carbons (Fsp3) is 0.375. The molecule has 0 aromatic heterocycles. The number of esters is 1. The molecule has 0 aliphatic heterocycles. The van der Waals surface area contributed by atoms with E-state index in [1.807, 2.05) is 0 Å². The van der Waals surface area contributed by atoms with Gasteiger partial charge in [-0.25, -0.2) is 10.2 Å². The molecule has 0 saturated heterocycles. The number of hydrazone groups is 1. The standard InChI is InChI=1S/C24H30N2O7/c1-6-7-8-9-22(27)26-25-15-16-10-11-18(19(12-16)29-2)33-24(28)17-13-20(30-3)23(32-5)21(14-17)31-4/h10-15H,6-9H2,1-5H3,(H,26,27)/b25-15+. The molecule has 0 bridgehead atoms. The normalized spacial score (nSPS) is 10.6. The maximum atomic E-state index is 12.8. The Labute approximate surface area is 193 Å². The van der Waals surface area contributed by atoms with Crippen LogP contribution in [0.15, 0.2) is 35.4 Å². The summed E-state index contributed by atoms with van der Waals surface area (Å²) in [4.78, 5) is 24.5. The Hall–Kier alpha value is -3.75. The summed E-state index contributed by atoms with van der Waals surface area (Å²) in [5.74, 6) is 0.815. The number of hydrogen-bond acceptors (Lipinski definition) is 8. The average Bonchev–Trinajstić information content (AvgIpc) is 2.83. The van der Waals surface area contributed by atoms with Gasteiger partial charge in [0.2, 0.25) is 11.7 Å². The van der Waals surface area contributed by atoms with Gasteiger partial charge in [-0.05, 0) is 42.3 Å². The quantitative estimate of drug-likeness (QED) is 0.169. The van der Waals surface area contributed by atoms with E-state index in [1.54, 1.807) is 18.2 Å². The van der Waals surface area contributed by atoms with Crippen LogP contribution in [0, 0.1) is 0 Å². The highest BCUT2D eigenvalue weighted by molar-refractivity contribution is 5.93. The molecule has 0 saturated carbocycles. The van der Waals surface area contributed by atoms with Crippen LogP contribution in [0.4, 0.5) is 0 Å². The largest absolute Gasteiger partial charge is 0.493 e. The Kier molecular flexibility index (Phi) is 10.0. The summed E-state index contributed by atoms with van der Waals surface area (Å²) in [5, 5.41) is 3.96. The van der Waals surface area contributed by atoms with Gasteiger partial charge in [0.15, 0.2) is 23.0 Å². The van der Waals surface area contributed by atoms with Gasteiger partial charge in [0.05, 0.1) is 40.2 Å². The van der Waals surface area contributed by atoms with Crippen molar-refractivity contribution in [3.05, 3.63) is 41.5 Å². The summed E-state index contributed by atoms with van der Waals surface area (Å²) >= 11 is 0. The third-order valence-electron chi connectivity index (χ3n) is 4.70. The molecule has 0 heterocycles. The van der Waals surface area contributed by atoms with E-state index in [9.17, 15) is 9.59 Å². The molecule has 9 nitrogen and oxygen atoms in total. The van der Waals surface area contributed by atoms with Crippen molar-refractivity contribution in [1.82, 2.24) is 5.43 Å². The lowest BCUT2D eigenvalue weighted by Gasteiger charge is -2.14. The second-order valence-corrected chi connectivity index (χ2v) is 6.96. The third kappa shape index (κ3) is 7.13. The molecule has 0 radical (unpaired) electrons. The number of carbonyl (C=O) groups excluding carboxylic acids is 2. The van der Waals surface area contributed by atoms with E-state index in [0.717, 1.165) is 19.3 Å². The third-order valence-corrected chi connectivity index (χ3v) is 4.70. The molecule has 33 heavy (non-hydrogen) atoms. The van der Waals surface area contributed by atoms with Crippen LogP contribution in [0.1, 0.15) is 48.5 Å². The zero-order valence-corrected chi connectivity index (χ0v) is 19.6. The molecule has 1 N–H and O–H groups in total. The van der Waals surface area contributed by atoms with Gasteiger partial charge in [0.1, 0.15) is 0 Å². The minimum absolute atomic E-state index is 0.137. The molecular formula is C24H30N2O7. The Morgan fingerprint density at radius 3 is 2.12 bits per heavy atom. The zero-order chi connectivity index (χ0) is 24.2. The summed E-state index contributed by atoms with van der Waals surface area (Å²) < 4.78 is 26.7. The fourth-order valence-electron chi connectivity index (χ4n) is 2.98. The number of ether oxygens (including phenoxy) is 5. The number of hydrogen-bond donors (Lipinski definition) is 1. The first-order chi connectivity index (χ1) is 16.0. The van der Waals surface area contributed by atoms with Gasteiger partial charge in [0.25, 0.3) is 0 Å². The van der Waals surface area contributed by atoms with Crippen LogP contribution >= 0.6 is 0 Å². The smallest absolute Gasteiger partial charge is 0.343 e. The van der Waals surface area contributed by atoms with E-state index in [-0.39, 0.29) is 17.2 Å². The number of methoxy groups -OCH3 is 4. The highest BCUT2D eigenvalue weighted by atomic mass is 16.6. The van der Waals surface area contributed by atoms with Crippen LogP contribution in [0.3, 0.4) is 0 Å². The molecule has 2 rings (SSSR count). The summed E-state index contributed by atoms with van der Waals surface area (Å²) in [5.41, 5.74) is 3.37. The fourth-order valence-corrected chi connectivity index (χ4v) is 2.98. The molecule has 2 aromatic carbocycles. The number of nitrogens with zero attached hydrogens (tertiary/aromatic N) is 1. The van der Waals surface area contributed by atoms with E-state index in [1.165, 1.54) is 46.8 Å². The van der Waals surface area contributed by atoms with Crippen molar-refractivity contribution < 1.29 is 33.3 Å². The second-order valence-electron chi connectivity index (χ2n) is 6.96. The Balaban J connectivity index is 2.13. The molecule has 9 heteroatoms.